The van der Waals surface area contributed by atoms with E-state index in [1.807, 2.05) is 30.3 Å². The zero-order valence-electron chi connectivity index (χ0n) is 23.9. The molecule has 2 aliphatic heterocycles. The van der Waals surface area contributed by atoms with Crippen LogP contribution >= 0.6 is 0 Å². The van der Waals surface area contributed by atoms with Crippen LogP contribution in [0.1, 0.15) is 46.7 Å². The summed E-state index contributed by atoms with van der Waals surface area (Å²) < 4.78 is 38.8. The van der Waals surface area contributed by atoms with Crippen LogP contribution in [-0.4, -0.2) is 64.4 Å². The van der Waals surface area contributed by atoms with E-state index in [2.05, 4.69) is 14.5 Å². The highest BCUT2D eigenvalue weighted by Crippen LogP contribution is 2.25. The number of imidazole rings is 1. The molecule has 4 heterocycles. The standard InChI is InChI=1S/C32H32FN5O5/c1-40-32(39)22-6-7-27-28(16-22)38(18-25-11-14-41-25)30(36-27)19-37-12-9-24(10-13-37)43-31-4-2-3-23(35-31)20-42-29-8-5-21(17-34)15-26(29)33/h2-8,15-16,24-25H,9-14,18-20H2,1H3. The number of hydrogen-bond acceptors (Lipinski definition) is 9. The third-order valence-corrected chi connectivity index (χ3v) is 7.83. The molecule has 11 heteroatoms. The van der Waals surface area contributed by atoms with Crippen LogP contribution in [0.3, 0.4) is 0 Å². The highest BCUT2D eigenvalue weighted by molar-refractivity contribution is 5.93. The first-order valence-corrected chi connectivity index (χ1v) is 14.4. The molecule has 43 heavy (non-hydrogen) atoms. The van der Waals surface area contributed by atoms with Crippen LogP contribution in [0.4, 0.5) is 4.39 Å². The molecule has 0 radical (unpaired) electrons. The van der Waals surface area contributed by atoms with Gasteiger partial charge >= 0.3 is 5.97 Å². The third kappa shape index (κ3) is 6.61. The largest absolute Gasteiger partial charge is 0.484 e. The fraction of sp³-hybridized carbons (Fsp3) is 0.375. The van der Waals surface area contributed by atoms with Crippen molar-refractivity contribution >= 4 is 17.0 Å². The van der Waals surface area contributed by atoms with Gasteiger partial charge in [0, 0.05) is 25.8 Å². The first-order chi connectivity index (χ1) is 21.0. The Balaban J connectivity index is 1.06. The normalized spacial score (nSPS) is 17.3. The molecule has 222 valence electrons. The minimum atomic E-state index is -0.587. The van der Waals surface area contributed by atoms with Crippen molar-refractivity contribution in [1.29, 1.82) is 5.26 Å². The lowest BCUT2D eigenvalue weighted by molar-refractivity contribution is -0.0592. The number of likely N-dealkylation sites (tertiary alicyclic amines) is 1. The maximum atomic E-state index is 14.2. The van der Waals surface area contributed by atoms with Crippen molar-refractivity contribution in [2.24, 2.45) is 0 Å². The molecule has 0 amide bonds. The van der Waals surface area contributed by atoms with E-state index in [9.17, 15) is 9.18 Å². The molecule has 0 saturated carbocycles. The Bertz CT molecular complexity index is 1660. The smallest absolute Gasteiger partial charge is 0.337 e. The Kier molecular flexibility index (Phi) is 8.49. The van der Waals surface area contributed by atoms with Gasteiger partial charge in [0.1, 0.15) is 18.5 Å². The Morgan fingerprint density at radius 3 is 2.67 bits per heavy atom. The van der Waals surface area contributed by atoms with Crippen LogP contribution in [-0.2, 0) is 29.2 Å². The van der Waals surface area contributed by atoms with Crippen molar-refractivity contribution < 1.29 is 28.1 Å². The molecule has 4 aromatic rings. The number of carbonyl (C=O) groups is 1. The summed E-state index contributed by atoms with van der Waals surface area (Å²) in [6, 6.07) is 16.9. The maximum absolute atomic E-state index is 14.2. The number of carbonyl (C=O) groups excluding carboxylic acids is 1. The van der Waals surface area contributed by atoms with Crippen LogP contribution in [0.15, 0.2) is 54.6 Å². The zero-order valence-corrected chi connectivity index (χ0v) is 23.9. The first-order valence-electron chi connectivity index (χ1n) is 14.4. The second-order valence-electron chi connectivity index (χ2n) is 10.7. The van der Waals surface area contributed by atoms with Gasteiger partial charge in [0.2, 0.25) is 5.88 Å². The average Bonchev–Trinajstić information content (AvgIpc) is 3.34. The van der Waals surface area contributed by atoms with Gasteiger partial charge in [-0.15, -0.1) is 0 Å². The Labute approximate surface area is 248 Å². The topological polar surface area (TPSA) is 112 Å². The lowest BCUT2D eigenvalue weighted by Gasteiger charge is -2.32. The van der Waals surface area contributed by atoms with E-state index in [-0.39, 0.29) is 36.1 Å². The lowest BCUT2D eigenvalue weighted by Crippen LogP contribution is -2.39. The molecule has 2 fully saturated rings. The zero-order chi connectivity index (χ0) is 29.8. The molecule has 1 atom stereocenters. The number of benzene rings is 2. The van der Waals surface area contributed by atoms with E-state index in [0.29, 0.717) is 30.2 Å². The van der Waals surface area contributed by atoms with E-state index < -0.39 is 5.82 Å². The van der Waals surface area contributed by atoms with Crippen LogP contribution in [0.5, 0.6) is 11.6 Å². The molecule has 0 N–H and O–H groups in total. The molecule has 2 aromatic heterocycles. The molecular weight excluding hydrogens is 553 g/mol. The van der Waals surface area contributed by atoms with Crippen molar-refractivity contribution in [2.75, 3.05) is 26.8 Å². The molecule has 6 rings (SSSR count). The summed E-state index contributed by atoms with van der Waals surface area (Å²) in [5, 5.41) is 8.91. The van der Waals surface area contributed by atoms with Gasteiger partial charge in [-0.3, -0.25) is 4.90 Å². The Hall–Kier alpha value is -4.53. The number of rotatable bonds is 10. The van der Waals surface area contributed by atoms with Crippen LogP contribution in [0.25, 0.3) is 11.0 Å². The van der Waals surface area contributed by atoms with Crippen molar-refractivity contribution in [3.05, 3.63) is 83.1 Å². The second kappa shape index (κ2) is 12.8. The number of pyridine rings is 1. The summed E-state index contributed by atoms with van der Waals surface area (Å²) >= 11 is 0. The maximum Gasteiger partial charge on any atom is 0.337 e. The molecule has 2 aliphatic rings. The van der Waals surface area contributed by atoms with E-state index in [1.54, 1.807) is 12.1 Å². The lowest BCUT2D eigenvalue weighted by atomic mass is 10.1. The van der Waals surface area contributed by atoms with Gasteiger partial charge in [-0.2, -0.15) is 5.26 Å². The monoisotopic (exact) mass is 585 g/mol. The highest BCUT2D eigenvalue weighted by Gasteiger charge is 2.26. The molecule has 1 unspecified atom stereocenters. The minimum Gasteiger partial charge on any atom is -0.484 e. The summed E-state index contributed by atoms with van der Waals surface area (Å²) in [5.74, 6) is 0.558. The number of fused-ring (bicyclic) bond motifs is 1. The van der Waals surface area contributed by atoms with Gasteiger partial charge in [0.25, 0.3) is 0 Å². The summed E-state index contributed by atoms with van der Waals surface area (Å²) in [7, 11) is 1.38. The number of aromatic nitrogens is 3. The fourth-order valence-corrected chi connectivity index (χ4v) is 5.37. The van der Waals surface area contributed by atoms with E-state index in [4.69, 9.17) is 29.2 Å². The van der Waals surface area contributed by atoms with E-state index in [0.717, 1.165) is 61.9 Å². The number of ether oxygens (including phenoxy) is 4. The SMILES string of the molecule is COC(=O)c1ccc2nc(CN3CCC(Oc4cccc(COc5ccc(C#N)cc5F)n4)CC3)n(CC3CCO3)c2c1. The summed E-state index contributed by atoms with van der Waals surface area (Å²) in [6.07, 6.45) is 2.83. The Morgan fingerprint density at radius 2 is 1.95 bits per heavy atom. The Morgan fingerprint density at radius 1 is 1.12 bits per heavy atom. The number of nitrogens with zero attached hydrogens (tertiary/aromatic N) is 5. The number of nitriles is 1. The molecule has 0 spiro atoms. The first kappa shape index (κ1) is 28.6. The van der Waals surface area contributed by atoms with Gasteiger partial charge < -0.3 is 23.5 Å². The quantitative estimate of drug-likeness (QED) is 0.246. The third-order valence-electron chi connectivity index (χ3n) is 7.83. The number of piperidine rings is 1. The minimum absolute atomic E-state index is 0.0145. The highest BCUT2D eigenvalue weighted by atomic mass is 19.1. The van der Waals surface area contributed by atoms with Gasteiger partial charge in [-0.05, 0) is 61.7 Å². The van der Waals surface area contributed by atoms with E-state index >= 15 is 0 Å². The molecule has 0 aliphatic carbocycles. The van der Waals surface area contributed by atoms with Gasteiger partial charge in [0.05, 0.1) is 60.2 Å². The molecular formula is C32H32FN5O5. The van der Waals surface area contributed by atoms with Crippen molar-refractivity contribution in [3.8, 4) is 17.7 Å². The van der Waals surface area contributed by atoms with Crippen molar-refractivity contribution in [1.82, 2.24) is 19.4 Å². The number of hydrogen-bond donors (Lipinski definition) is 0. The van der Waals surface area contributed by atoms with Gasteiger partial charge in [-0.1, -0.05) is 6.07 Å². The van der Waals surface area contributed by atoms with Crippen molar-refractivity contribution in [2.45, 2.75) is 51.2 Å². The van der Waals surface area contributed by atoms with E-state index in [1.165, 1.54) is 19.2 Å². The summed E-state index contributed by atoms with van der Waals surface area (Å²) in [6.45, 7) is 3.89. The number of halogens is 1. The molecule has 2 saturated heterocycles. The van der Waals surface area contributed by atoms with Crippen LogP contribution in [0.2, 0.25) is 0 Å². The molecule has 10 nitrogen and oxygen atoms in total. The van der Waals surface area contributed by atoms with Gasteiger partial charge in [0.15, 0.2) is 11.6 Å². The molecule has 0 bridgehead atoms. The number of methoxy groups -OCH3 is 1. The predicted molar refractivity (Wildman–Crippen MR) is 154 cm³/mol. The van der Waals surface area contributed by atoms with Crippen molar-refractivity contribution in [3.63, 3.8) is 0 Å². The second-order valence-corrected chi connectivity index (χ2v) is 10.7. The fourth-order valence-electron chi connectivity index (χ4n) is 5.37. The average molecular weight is 586 g/mol. The van der Waals surface area contributed by atoms with Crippen LogP contribution < -0.4 is 9.47 Å². The van der Waals surface area contributed by atoms with Crippen LogP contribution in [0, 0.1) is 17.1 Å². The summed E-state index contributed by atoms with van der Waals surface area (Å²) in [4.78, 5) is 24.0. The predicted octanol–water partition coefficient (Wildman–Crippen LogP) is 4.64. The summed E-state index contributed by atoms with van der Waals surface area (Å²) in [5.41, 5.74) is 3.10. The number of esters is 1. The van der Waals surface area contributed by atoms with Gasteiger partial charge in [-0.25, -0.2) is 19.2 Å². The molecule has 2 aromatic carbocycles.